The fourth-order valence-electron chi connectivity index (χ4n) is 4.19. The molecule has 2 bridgehead atoms. The molecule has 0 saturated carbocycles. The van der Waals surface area contributed by atoms with E-state index in [4.69, 9.17) is 0 Å². The van der Waals surface area contributed by atoms with Gasteiger partial charge in [-0.3, -0.25) is 0 Å². The zero-order valence-corrected chi connectivity index (χ0v) is 14.0. The predicted molar refractivity (Wildman–Crippen MR) is 89.8 cm³/mol. The van der Waals surface area contributed by atoms with Gasteiger partial charge in [-0.1, -0.05) is 48.8 Å². The Morgan fingerprint density at radius 1 is 1.00 bits per heavy atom. The van der Waals surface area contributed by atoms with Crippen LogP contribution < -0.4 is 0 Å². The highest BCUT2D eigenvalue weighted by Gasteiger charge is 2.36. The number of hydrogen-bond acceptors (Lipinski definition) is 0. The number of hydrogen-bond donors (Lipinski definition) is 0. The monoisotopic (exact) mass is 272 g/mol. The molecule has 0 aromatic heterocycles. The van der Waals surface area contributed by atoms with Crippen molar-refractivity contribution in [3.05, 3.63) is 34.9 Å². The molecule has 2 rings (SSSR count). The van der Waals surface area contributed by atoms with E-state index >= 15 is 0 Å². The van der Waals surface area contributed by atoms with Crippen molar-refractivity contribution < 1.29 is 0 Å². The summed E-state index contributed by atoms with van der Waals surface area (Å²) in [5.41, 5.74) is 6.85. The number of rotatable bonds is 0. The summed E-state index contributed by atoms with van der Waals surface area (Å²) in [5.74, 6) is 0.849. The third kappa shape index (κ3) is 3.45. The van der Waals surface area contributed by atoms with E-state index in [-0.39, 0.29) is 0 Å². The molecule has 2 aliphatic rings. The SMILES string of the molecule is C=C1CC/C=C(\C)CCC2=C(C)CC[C@H](CC1)C2(C)C. The van der Waals surface area contributed by atoms with Crippen molar-refractivity contribution in [2.24, 2.45) is 11.3 Å². The minimum atomic E-state index is 0.391. The zero-order chi connectivity index (χ0) is 14.8. The van der Waals surface area contributed by atoms with Crippen molar-refractivity contribution in [1.82, 2.24) is 0 Å². The minimum absolute atomic E-state index is 0.391. The normalized spacial score (nSPS) is 31.1. The van der Waals surface area contributed by atoms with Gasteiger partial charge in [0, 0.05) is 0 Å². The summed E-state index contributed by atoms with van der Waals surface area (Å²) in [4.78, 5) is 0. The fourth-order valence-corrected chi connectivity index (χ4v) is 4.19. The number of fused-ring (bicyclic) bond motifs is 2. The molecule has 0 aliphatic heterocycles. The molecule has 0 spiro atoms. The van der Waals surface area contributed by atoms with Crippen LogP contribution in [0.5, 0.6) is 0 Å². The Bertz CT molecular complexity index is 431. The Hall–Kier alpha value is -0.780. The summed E-state index contributed by atoms with van der Waals surface area (Å²) in [6, 6.07) is 0. The van der Waals surface area contributed by atoms with Gasteiger partial charge in [-0.15, -0.1) is 0 Å². The van der Waals surface area contributed by atoms with Crippen LogP contribution in [0.2, 0.25) is 0 Å². The molecule has 112 valence electrons. The van der Waals surface area contributed by atoms with Gasteiger partial charge in [-0.25, -0.2) is 0 Å². The van der Waals surface area contributed by atoms with Gasteiger partial charge >= 0.3 is 0 Å². The van der Waals surface area contributed by atoms with Crippen LogP contribution in [0.1, 0.15) is 79.1 Å². The van der Waals surface area contributed by atoms with Gasteiger partial charge in [-0.2, -0.15) is 0 Å². The highest BCUT2D eigenvalue weighted by atomic mass is 14.4. The van der Waals surface area contributed by atoms with Gasteiger partial charge in [0.15, 0.2) is 0 Å². The zero-order valence-electron chi connectivity index (χ0n) is 14.0. The second-order valence-corrected chi connectivity index (χ2v) is 7.59. The maximum absolute atomic E-state index is 4.29. The Labute approximate surface area is 126 Å². The number of allylic oxidation sites excluding steroid dienone is 5. The van der Waals surface area contributed by atoms with E-state index in [1.807, 2.05) is 0 Å². The van der Waals surface area contributed by atoms with Crippen LogP contribution in [0.4, 0.5) is 0 Å². The van der Waals surface area contributed by atoms with E-state index in [1.165, 1.54) is 56.9 Å². The lowest BCUT2D eigenvalue weighted by Gasteiger charge is -2.43. The molecule has 0 fully saturated rings. The summed E-state index contributed by atoms with van der Waals surface area (Å²) >= 11 is 0. The van der Waals surface area contributed by atoms with Crippen LogP contribution in [-0.4, -0.2) is 0 Å². The van der Waals surface area contributed by atoms with Crippen LogP contribution in [0.3, 0.4) is 0 Å². The fraction of sp³-hybridized carbons (Fsp3) is 0.700. The van der Waals surface area contributed by atoms with Crippen molar-refractivity contribution in [2.75, 3.05) is 0 Å². The molecule has 0 amide bonds. The smallest absolute Gasteiger partial charge is 0.0114 e. The summed E-state index contributed by atoms with van der Waals surface area (Å²) in [6.07, 6.45) is 12.6. The molecule has 0 radical (unpaired) electrons. The molecule has 0 nitrogen and oxygen atoms in total. The van der Waals surface area contributed by atoms with Gasteiger partial charge in [0.25, 0.3) is 0 Å². The quantitative estimate of drug-likeness (QED) is 0.436. The Balaban J connectivity index is 2.27. The van der Waals surface area contributed by atoms with Gasteiger partial charge in [0.1, 0.15) is 0 Å². The molecule has 0 heteroatoms. The van der Waals surface area contributed by atoms with Crippen molar-refractivity contribution in [1.29, 1.82) is 0 Å². The highest BCUT2D eigenvalue weighted by molar-refractivity contribution is 5.25. The molecule has 0 saturated heterocycles. The second-order valence-electron chi connectivity index (χ2n) is 7.59. The first kappa shape index (κ1) is 15.6. The van der Waals surface area contributed by atoms with Crippen molar-refractivity contribution >= 4 is 0 Å². The van der Waals surface area contributed by atoms with Crippen LogP contribution in [0.15, 0.2) is 34.9 Å². The lowest BCUT2D eigenvalue weighted by atomic mass is 9.62. The molecule has 0 aromatic rings. The molecule has 2 aliphatic carbocycles. The summed E-state index contributed by atoms with van der Waals surface area (Å²) < 4.78 is 0. The molecule has 20 heavy (non-hydrogen) atoms. The molecular weight excluding hydrogens is 240 g/mol. The van der Waals surface area contributed by atoms with Crippen molar-refractivity contribution in [3.8, 4) is 0 Å². The second kappa shape index (κ2) is 6.33. The summed E-state index contributed by atoms with van der Waals surface area (Å²) in [7, 11) is 0. The minimum Gasteiger partial charge on any atom is -0.0999 e. The average Bonchev–Trinajstić information content (AvgIpc) is 2.36. The molecule has 0 unspecified atom stereocenters. The Morgan fingerprint density at radius 2 is 1.70 bits per heavy atom. The van der Waals surface area contributed by atoms with Crippen LogP contribution in [0.25, 0.3) is 0 Å². The lowest BCUT2D eigenvalue weighted by Crippen LogP contribution is -2.31. The highest BCUT2D eigenvalue weighted by Crippen LogP contribution is 2.49. The first-order valence-corrected chi connectivity index (χ1v) is 8.42. The van der Waals surface area contributed by atoms with Crippen LogP contribution in [-0.2, 0) is 0 Å². The lowest BCUT2D eigenvalue weighted by molar-refractivity contribution is 0.208. The summed E-state index contributed by atoms with van der Waals surface area (Å²) in [6.45, 7) is 13.9. The molecular formula is C20H32. The van der Waals surface area contributed by atoms with E-state index < -0.39 is 0 Å². The first-order chi connectivity index (χ1) is 9.41. The molecule has 1 atom stereocenters. The molecule has 0 N–H and O–H groups in total. The van der Waals surface area contributed by atoms with Crippen LogP contribution in [0, 0.1) is 11.3 Å². The van der Waals surface area contributed by atoms with Gasteiger partial charge < -0.3 is 0 Å². The third-order valence-corrected chi connectivity index (χ3v) is 5.79. The van der Waals surface area contributed by atoms with Gasteiger partial charge in [-0.05, 0) is 76.5 Å². The molecule has 0 aromatic carbocycles. The maximum atomic E-state index is 4.29. The standard InChI is InChI=1S/C20H32/c1-15-7-6-8-16(2)10-14-19-17(3)11-13-18(12-9-15)20(19,4)5/h8,18H,1,6-7,9-14H2,2-5H3/b16-8+/t18-/m0/s1. The Kier molecular flexibility index (Phi) is 4.94. The maximum Gasteiger partial charge on any atom is -0.0114 e. The van der Waals surface area contributed by atoms with E-state index in [0.29, 0.717) is 5.41 Å². The van der Waals surface area contributed by atoms with Gasteiger partial charge in [0.2, 0.25) is 0 Å². The van der Waals surface area contributed by atoms with E-state index in [0.717, 1.165) is 5.92 Å². The van der Waals surface area contributed by atoms with E-state index in [9.17, 15) is 0 Å². The average molecular weight is 272 g/mol. The van der Waals surface area contributed by atoms with Gasteiger partial charge in [0.05, 0.1) is 0 Å². The topological polar surface area (TPSA) is 0 Å². The van der Waals surface area contributed by atoms with E-state index in [1.54, 1.807) is 16.7 Å². The van der Waals surface area contributed by atoms with Crippen molar-refractivity contribution in [2.45, 2.75) is 79.1 Å². The molecule has 0 heterocycles. The first-order valence-electron chi connectivity index (χ1n) is 8.42. The van der Waals surface area contributed by atoms with Crippen LogP contribution >= 0.6 is 0 Å². The predicted octanol–water partition coefficient (Wildman–Crippen LogP) is 6.60. The van der Waals surface area contributed by atoms with Crippen molar-refractivity contribution in [3.63, 3.8) is 0 Å². The Morgan fingerprint density at radius 3 is 2.45 bits per heavy atom. The largest absolute Gasteiger partial charge is 0.0999 e. The van der Waals surface area contributed by atoms with E-state index in [2.05, 4.69) is 40.3 Å². The third-order valence-electron chi connectivity index (χ3n) is 5.79. The summed E-state index contributed by atoms with van der Waals surface area (Å²) in [5, 5.41) is 0.